The van der Waals surface area contributed by atoms with E-state index in [0.29, 0.717) is 0 Å². The summed E-state index contributed by atoms with van der Waals surface area (Å²) in [5.41, 5.74) is -0.680. The van der Waals surface area contributed by atoms with Gasteiger partial charge >= 0.3 is 18.7 Å². The lowest BCUT2D eigenvalue weighted by atomic mass is 10.2. The number of hydrogen-bond donors (Lipinski definition) is 1. The smallest absolute Gasteiger partial charge is 0.407 e. The van der Waals surface area contributed by atoms with Crippen LogP contribution in [0.25, 0.3) is 0 Å². The van der Waals surface area contributed by atoms with Crippen molar-refractivity contribution in [2.45, 2.75) is 45.5 Å². The summed E-state index contributed by atoms with van der Waals surface area (Å²) in [4.78, 5) is 22.6. The Morgan fingerprint density at radius 1 is 1.30 bits per heavy atom. The van der Waals surface area contributed by atoms with Gasteiger partial charge in [0.15, 0.2) is 12.2 Å². The third-order valence-corrected chi connectivity index (χ3v) is 1.91. The van der Waals surface area contributed by atoms with Crippen molar-refractivity contribution >= 4 is 23.7 Å². The lowest BCUT2D eigenvalue weighted by Crippen LogP contribution is -2.36. The molecule has 0 aliphatic carbocycles. The summed E-state index contributed by atoms with van der Waals surface area (Å²) >= 11 is 5.16. The van der Waals surface area contributed by atoms with Crippen molar-refractivity contribution in [1.82, 2.24) is 5.32 Å². The first kappa shape index (κ1) is 18.9. The van der Waals surface area contributed by atoms with Crippen LogP contribution in [-0.4, -0.2) is 43.0 Å². The van der Waals surface area contributed by atoms with Gasteiger partial charge in [-0.2, -0.15) is 8.78 Å². The maximum absolute atomic E-state index is 12.1. The quantitative estimate of drug-likeness (QED) is 0.576. The fourth-order valence-corrected chi connectivity index (χ4v) is 1.24. The van der Waals surface area contributed by atoms with E-state index in [9.17, 15) is 18.4 Å². The molecule has 0 fully saturated rings. The summed E-state index contributed by atoms with van der Waals surface area (Å²) in [5, 5.41) is 2.31. The Hall–Kier alpha value is -1.15. The van der Waals surface area contributed by atoms with Crippen LogP contribution in [0.15, 0.2) is 0 Å². The molecule has 0 saturated heterocycles. The fraction of sp³-hybridized carbons (Fsp3) is 0.818. The first-order chi connectivity index (χ1) is 9.15. The molecular weight excluding hydrogens is 300 g/mol. The van der Waals surface area contributed by atoms with E-state index in [1.165, 1.54) is 0 Å². The van der Waals surface area contributed by atoms with Gasteiger partial charge in [0.2, 0.25) is 0 Å². The van der Waals surface area contributed by atoms with E-state index in [-0.39, 0.29) is 13.0 Å². The number of alkyl halides is 3. The number of ether oxygens (including phenoxy) is 3. The molecule has 0 saturated carbocycles. The molecule has 1 atom stereocenters. The van der Waals surface area contributed by atoms with E-state index >= 15 is 0 Å². The molecule has 6 nitrogen and oxygen atoms in total. The number of carbonyl (C=O) groups excluding carboxylic acids is 2. The molecule has 0 aliphatic rings. The molecule has 0 aromatic carbocycles. The summed E-state index contributed by atoms with van der Waals surface area (Å²) in [6.45, 7) is 1.79. The molecule has 1 N–H and O–H groups in total. The van der Waals surface area contributed by atoms with Crippen LogP contribution in [0.5, 0.6) is 0 Å². The monoisotopic (exact) mass is 317 g/mol. The zero-order valence-electron chi connectivity index (χ0n) is 11.5. The van der Waals surface area contributed by atoms with E-state index in [2.05, 4.69) is 14.8 Å². The van der Waals surface area contributed by atoms with Crippen molar-refractivity contribution in [1.29, 1.82) is 0 Å². The van der Waals surface area contributed by atoms with E-state index in [0.717, 1.165) is 0 Å². The van der Waals surface area contributed by atoms with Gasteiger partial charge in [-0.15, -0.1) is 0 Å². The van der Waals surface area contributed by atoms with Crippen LogP contribution in [-0.2, 0) is 19.0 Å². The summed E-state index contributed by atoms with van der Waals surface area (Å²) in [6.07, 6.45) is -2.43. The summed E-state index contributed by atoms with van der Waals surface area (Å²) in [5.74, 6) is -1.02. The van der Waals surface area contributed by atoms with Crippen molar-refractivity contribution in [3.05, 3.63) is 0 Å². The highest BCUT2D eigenvalue weighted by Gasteiger charge is 2.25. The van der Waals surface area contributed by atoms with Gasteiger partial charge in [0, 0.05) is 13.0 Å². The minimum Gasteiger partial charge on any atom is -0.447 e. The molecule has 0 radical (unpaired) electrons. The first-order valence-electron chi connectivity index (χ1n) is 5.78. The summed E-state index contributed by atoms with van der Waals surface area (Å²) in [6, 6.07) is -0.471. The van der Waals surface area contributed by atoms with Gasteiger partial charge in [0.25, 0.3) is 0 Å². The van der Waals surface area contributed by atoms with Crippen molar-refractivity contribution in [3.63, 3.8) is 0 Å². The molecule has 20 heavy (non-hydrogen) atoms. The summed E-state index contributed by atoms with van der Waals surface area (Å²) in [7, 11) is 0. The third-order valence-electron chi connectivity index (χ3n) is 1.80. The Kier molecular flexibility index (Phi) is 8.40. The Balaban J connectivity index is 4.19. The maximum Gasteiger partial charge on any atom is 0.407 e. The van der Waals surface area contributed by atoms with Gasteiger partial charge in [0.05, 0.1) is 0 Å². The number of halogens is 3. The molecule has 0 bridgehead atoms. The number of alkyl carbamates (subject to hydrolysis) is 1. The van der Waals surface area contributed by atoms with E-state index in [1.807, 2.05) is 0 Å². The molecule has 0 aliphatic heterocycles. The normalized spacial score (nSPS) is 12.9. The highest BCUT2D eigenvalue weighted by molar-refractivity contribution is 6.17. The largest absolute Gasteiger partial charge is 0.447 e. The van der Waals surface area contributed by atoms with Gasteiger partial charge in [-0.25, -0.2) is 9.59 Å². The highest BCUT2D eigenvalue weighted by Crippen LogP contribution is 2.09. The van der Waals surface area contributed by atoms with Gasteiger partial charge in [-0.1, -0.05) is 11.6 Å². The predicted octanol–water partition coefficient (Wildman–Crippen LogP) is 2.25. The molecule has 1 amide bonds. The molecule has 0 aromatic heterocycles. The molecule has 0 unspecified atom stereocenters. The topological polar surface area (TPSA) is 73.9 Å². The number of nitrogens with one attached hydrogen (secondary N) is 1. The minimum atomic E-state index is -3.13. The average molecular weight is 318 g/mol. The highest BCUT2D eigenvalue weighted by atomic mass is 35.5. The van der Waals surface area contributed by atoms with Crippen LogP contribution >= 0.6 is 11.6 Å². The second-order valence-corrected chi connectivity index (χ2v) is 4.89. The first-order valence-corrected chi connectivity index (χ1v) is 6.32. The van der Waals surface area contributed by atoms with Gasteiger partial charge in [-0.05, 0) is 20.8 Å². The standard InChI is InChI=1S/C11H18ClF2NO5/c1-11(2,3)20-10(17)15-5-4-7(19-9(13)14)8(16)18-6-12/h7,9H,4-6H2,1-3H3,(H,15,17)/t7-/m0/s1. The van der Waals surface area contributed by atoms with E-state index < -0.39 is 36.4 Å². The zero-order chi connectivity index (χ0) is 15.8. The Morgan fingerprint density at radius 3 is 2.35 bits per heavy atom. The van der Waals surface area contributed by atoms with Gasteiger partial charge < -0.3 is 19.5 Å². The van der Waals surface area contributed by atoms with Crippen molar-refractivity contribution in [3.8, 4) is 0 Å². The summed E-state index contributed by atoms with van der Waals surface area (Å²) < 4.78 is 37.6. The number of rotatable bonds is 7. The maximum atomic E-state index is 12.1. The number of amides is 1. The van der Waals surface area contributed by atoms with Crippen LogP contribution in [0.1, 0.15) is 27.2 Å². The van der Waals surface area contributed by atoms with Crippen LogP contribution in [0, 0.1) is 0 Å². The second-order valence-electron chi connectivity index (χ2n) is 4.68. The van der Waals surface area contributed by atoms with Crippen molar-refractivity contribution in [2.24, 2.45) is 0 Å². The lowest BCUT2D eigenvalue weighted by molar-refractivity contribution is -0.190. The van der Waals surface area contributed by atoms with Crippen LogP contribution in [0.3, 0.4) is 0 Å². The van der Waals surface area contributed by atoms with Gasteiger partial charge in [0.1, 0.15) is 5.60 Å². The lowest BCUT2D eigenvalue weighted by Gasteiger charge is -2.20. The Labute approximate surface area is 120 Å². The van der Waals surface area contributed by atoms with E-state index in [1.54, 1.807) is 20.8 Å². The fourth-order valence-electron chi connectivity index (χ4n) is 1.13. The molecule has 0 spiro atoms. The number of carbonyl (C=O) groups is 2. The average Bonchev–Trinajstić information content (AvgIpc) is 2.24. The van der Waals surface area contributed by atoms with Crippen LogP contribution in [0.4, 0.5) is 13.6 Å². The molecule has 9 heteroatoms. The van der Waals surface area contributed by atoms with Crippen LogP contribution in [0.2, 0.25) is 0 Å². The molecule has 0 rings (SSSR count). The van der Waals surface area contributed by atoms with Crippen molar-refractivity contribution in [2.75, 3.05) is 12.6 Å². The Morgan fingerprint density at radius 2 is 1.90 bits per heavy atom. The third kappa shape index (κ3) is 9.74. The minimum absolute atomic E-state index is 0.0936. The zero-order valence-corrected chi connectivity index (χ0v) is 12.2. The molecule has 0 aromatic rings. The molecule has 0 heterocycles. The van der Waals surface area contributed by atoms with E-state index in [4.69, 9.17) is 16.3 Å². The molecule has 118 valence electrons. The molecular formula is C11H18ClF2NO5. The number of hydrogen-bond acceptors (Lipinski definition) is 5. The number of esters is 1. The van der Waals surface area contributed by atoms with Crippen molar-refractivity contribution < 1.29 is 32.6 Å². The van der Waals surface area contributed by atoms with Crippen LogP contribution < -0.4 is 5.32 Å². The SMILES string of the molecule is CC(C)(C)OC(=O)NCC[C@H](OC(F)F)C(=O)OCCl. The predicted molar refractivity (Wildman–Crippen MR) is 66.5 cm³/mol. The Bertz CT molecular complexity index is 322. The second kappa shape index (κ2) is 8.91. The van der Waals surface area contributed by atoms with Gasteiger partial charge in [-0.3, -0.25) is 0 Å².